The monoisotopic (exact) mass is 268 g/mol. The Labute approximate surface area is 110 Å². The van der Waals surface area contributed by atoms with Crippen LogP contribution >= 0.6 is 0 Å². The largest absolute Gasteiger partial charge is 0.478 e. The molecule has 0 spiro atoms. The number of hydrogen-bond acceptors (Lipinski definition) is 5. The molecule has 1 N–H and O–H groups in total. The highest BCUT2D eigenvalue weighted by Crippen LogP contribution is 2.10. The van der Waals surface area contributed by atoms with E-state index in [1.54, 1.807) is 19.2 Å². The second kappa shape index (κ2) is 8.23. The maximum Gasteiger partial charge on any atom is 0.339 e. The van der Waals surface area contributed by atoms with E-state index in [-0.39, 0.29) is 24.3 Å². The van der Waals surface area contributed by atoms with Gasteiger partial charge in [-0.15, -0.1) is 0 Å². The molecule has 0 heterocycles. The third-order valence-electron chi connectivity index (χ3n) is 2.27. The van der Waals surface area contributed by atoms with Crippen LogP contribution in [0.2, 0.25) is 0 Å². The van der Waals surface area contributed by atoms with Crippen LogP contribution in [0.1, 0.15) is 20.7 Å². The number of ether oxygens (including phenoxy) is 3. The number of aromatic carboxylic acids is 1. The Morgan fingerprint density at radius 3 is 2.32 bits per heavy atom. The van der Waals surface area contributed by atoms with E-state index in [0.29, 0.717) is 13.2 Å². The van der Waals surface area contributed by atoms with Gasteiger partial charge in [0.1, 0.15) is 6.61 Å². The molecule has 1 aromatic carbocycles. The van der Waals surface area contributed by atoms with Crippen molar-refractivity contribution in [1.29, 1.82) is 0 Å². The average Bonchev–Trinajstić information content (AvgIpc) is 2.42. The van der Waals surface area contributed by atoms with Crippen LogP contribution in [0.3, 0.4) is 0 Å². The molecular weight excluding hydrogens is 252 g/mol. The fraction of sp³-hybridized carbons (Fsp3) is 0.385. The van der Waals surface area contributed by atoms with Gasteiger partial charge >= 0.3 is 11.9 Å². The first-order chi connectivity index (χ1) is 9.16. The third kappa shape index (κ3) is 5.07. The summed E-state index contributed by atoms with van der Waals surface area (Å²) >= 11 is 0. The summed E-state index contributed by atoms with van der Waals surface area (Å²) in [4.78, 5) is 22.6. The van der Waals surface area contributed by atoms with Gasteiger partial charge in [0, 0.05) is 7.11 Å². The van der Waals surface area contributed by atoms with Crippen molar-refractivity contribution in [2.45, 2.75) is 0 Å². The van der Waals surface area contributed by atoms with E-state index in [1.165, 1.54) is 12.1 Å². The predicted octanol–water partition coefficient (Wildman–Crippen LogP) is 1.20. The van der Waals surface area contributed by atoms with Gasteiger partial charge in [-0.2, -0.15) is 0 Å². The first-order valence-electron chi connectivity index (χ1n) is 5.73. The molecular formula is C13H16O6. The molecule has 0 saturated heterocycles. The molecule has 0 aliphatic rings. The number of esters is 1. The lowest BCUT2D eigenvalue weighted by Gasteiger charge is -2.07. The summed E-state index contributed by atoms with van der Waals surface area (Å²) in [5.41, 5.74) is -0.0420. The second-order valence-corrected chi connectivity index (χ2v) is 3.59. The minimum atomic E-state index is -1.16. The molecule has 0 saturated carbocycles. The smallest absolute Gasteiger partial charge is 0.339 e. The van der Waals surface area contributed by atoms with E-state index in [1.807, 2.05) is 0 Å². The van der Waals surface area contributed by atoms with Crippen molar-refractivity contribution in [3.63, 3.8) is 0 Å². The van der Waals surface area contributed by atoms with Crippen molar-refractivity contribution in [2.75, 3.05) is 33.5 Å². The van der Waals surface area contributed by atoms with E-state index in [0.717, 1.165) is 0 Å². The molecule has 1 aromatic rings. The predicted molar refractivity (Wildman–Crippen MR) is 66.4 cm³/mol. The molecule has 0 amide bonds. The molecule has 104 valence electrons. The molecule has 0 aromatic heterocycles. The molecule has 0 radical (unpaired) electrons. The van der Waals surface area contributed by atoms with Crippen LogP contribution in [0.25, 0.3) is 0 Å². The summed E-state index contributed by atoms with van der Waals surface area (Å²) in [6.07, 6.45) is 0. The zero-order valence-corrected chi connectivity index (χ0v) is 10.6. The molecule has 0 aliphatic heterocycles. The van der Waals surface area contributed by atoms with Gasteiger partial charge in [-0.1, -0.05) is 12.1 Å². The number of carboxylic acid groups (broad SMARTS) is 1. The Morgan fingerprint density at radius 2 is 1.68 bits per heavy atom. The summed E-state index contributed by atoms with van der Waals surface area (Å²) in [5, 5.41) is 8.94. The Bertz CT molecular complexity index is 429. The zero-order valence-electron chi connectivity index (χ0n) is 10.6. The van der Waals surface area contributed by atoms with Crippen LogP contribution in [0.4, 0.5) is 0 Å². The van der Waals surface area contributed by atoms with Crippen LogP contribution in [-0.2, 0) is 14.2 Å². The van der Waals surface area contributed by atoms with Gasteiger partial charge in [0.15, 0.2) is 0 Å². The number of carbonyl (C=O) groups is 2. The highest BCUT2D eigenvalue weighted by atomic mass is 16.6. The van der Waals surface area contributed by atoms with E-state index >= 15 is 0 Å². The van der Waals surface area contributed by atoms with Crippen LogP contribution in [-0.4, -0.2) is 50.6 Å². The average molecular weight is 268 g/mol. The molecule has 0 bridgehead atoms. The highest BCUT2D eigenvalue weighted by molar-refractivity contribution is 6.02. The molecule has 6 nitrogen and oxygen atoms in total. The minimum absolute atomic E-state index is 0.0342. The first-order valence-corrected chi connectivity index (χ1v) is 5.73. The summed E-state index contributed by atoms with van der Waals surface area (Å²) in [5.74, 6) is -1.84. The Hall–Kier alpha value is -1.92. The topological polar surface area (TPSA) is 82.1 Å². The van der Waals surface area contributed by atoms with Crippen molar-refractivity contribution in [3.8, 4) is 0 Å². The van der Waals surface area contributed by atoms with Crippen molar-refractivity contribution >= 4 is 11.9 Å². The Kier molecular flexibility index (Phi) is 6.56. The minimum Gasteiger partial charge on any atom is -0.478 e. The van der Waals surface area contributed by atoms with Gasteiger partial charge in [0.25, 0.3) is 0 Å². The van der Waals surface area contributed by atoms with Gasteiger partial charge in [-0.05, 0) is 12.1 Å². The fourth-order valence-electron chi connectivity index (χ4n) is 1.36. The van der Waals surface area contributed by atoms with Crippen molar-refractivity contribution < 1.29 is 28.9 Å². The Morgan fingerprint density at radius 1 is 1.05 bits per heavy atom. The van der Waals surface area contributed by atoms with Crippen LogP contribution in [0.5, 0.6) is 0 Å². The summed E-state index contributed by atoms with van der Waals surface area (Å²) in [6.45, 7) is 1.19. The molecule has 0 atom stereocenters. The maximum absolute atomic E-state index is 11.7. The van der Waals surface area contributed by atoms with Gasteiger partial charge in [-0.25, -0.2) is 9.59 Å². The quantitative estimate of drug-likeness (QED) is 0.563. The lowest BCUT2D eigenvalue weighted by atomic mass is 10.1. The SMILES string of the molecule is COCCOCCOC(=O)c1ccccc1C(=O)O. The standard InChI is InChI=1S/C13H16O6/c1-17-6-7-18-8-9-19-13(16)11-5-3-2-4-10(11)12(14)15/h2-5H,6-9H2,1H3,(H,14,15). The molecule has 0 unspecified atom stereocenters. The Balaban J connectivity index is 2.43. The van der Waals surface area contributed by atoms with Gasteiger partial charge < -0.3 is 19.3 Å². The number of carbonyl (C=O) groups excluding carboxylic acids is 1. The first kappa shape index (κ1) is 15.1. The molecule has 19 heavy (non-hydrogen) atoms. The van der Waals surface area contributed by atoms with Gasteiger partial charge in [-0.3, -0.25) is 0 Å². The van der Waals surface area contributed by atoms with E-state index < -0.39 is 11.9 Å². The van der Waals surface area contributed by atoms with E-state index in [9.17, 15) is 9.59 Å². The lowest BCUT2D eigenvalue weighted by molar-refractivity contribution is 0.0211. The van der Waals surface area contributed by atoms with Crippen molar-refractivity contribution in [1.82, 2.24) is 0 Å². The maximum atomic E-state index is 11.7. The lowest BCUT2D eigenvalue weighted by Crippen LogP contribution is -2.15. The van der Waals surface area contributed by atoms with Crippen LogP contribution in [0.15, 0.2) is 24.3 Å². The number of carboxylic acids is 1. The van der Waals surface area contributed by atoms with Crippen molar-refractivity contribution in [2.24, 2.45) is 0 Å². The van der Waals surface area contributed by atoms with E-state index in [4.69, 9.17) is 19.3 Å². The number of hydrogen-bond donors (Lipinski definition) is 1. The van der Waals surface area contributed by atoms with E-state index in [2.05, 4.69) is 0 Å². The number of benzene rings is 1. The zero-order chi connectivity index (χ0) is 14.1. The third-order valence-corrected chi connectivity index (χ3v) is 2.27. The van der Waals surface area contributed by atoms with Crippen LogP contribution in [0, 0.1) is 0 Å². The molecule has 0 fully saturated rings. The number of methoxy groups -OCH3 is 1. The summed E-state index contributed by atoms with van der Waals surface area (Å²) in [7, 11) is 1.56. The molecule has 0 aliphatic carbocycles. The fourth-order valence-corrected chi connectivity index (χ4v) is 1.36. The summed E-state index contributed by atoms with van der Waals surface area (Å²) < 4.78 is 14.8. The number of rotatable bonds is 8. The molecule has 6 heteroatoms. The van der Waals surface area contributed by atoms with Gasteiger partial charge in [0.2, 0.25) is 0 Å². The summed E-state index contributed by atoms with van der Waals surface area (Å²) in [6, 6.07) is 5.90. The second-order valence-electron chi connectivity index (χ2n) is 3.59. The molecule has 1 rings (SSSR count). The highest BCUT2D eigenvalue weighted by Gasteiger charge is 2.16. The normalized spacial score (nSPS) is 10.2. The van der Waals surface area contributed by atoms with Crippen LogP contribution < -0.4 is 0 Å². The van der Waals surface area contributed by atoms with Gasteiger partial charge in [0.05, 0.1) is 30.9 Å². The van der Waals surface area contributed by atoms with Crippen molar-refractivity contribution in [3.05, 3.63) is 35.4 Å².